The summed E-state index contributed by atoms with van der Waals surface area (Å²) in [6, 6.07) is 9.80. The second-order valence-corrected chi connectivity index (χ2v) is 6.20. The number of carbonyl (C=O) groups excluding carboxylic acids is 1. The summed E-state index contributed by atoms with van der Waals surface area (Å²) >= 11 is 0. The Morgan fingerprint density at radius 2 is 1.83 bits per heavy atom. The second kappa shape index (κ2) is 6.82. The summed E-state index contributed by atoms with van der Waals surface area (Å²) in [5.41, 5.74) is 4.74. The minimum absolute atomic E-state index is 0.160. The number of aryl methyl sites for hydroxylation is 2. The first kappa shape index (κ1) is 15.5. The Hall–Kier alpha value is -2.36. The number of piperidine rings is 1. The van der Waals surface area contributed by atoms with Gasteiger partial charge in [0.2, 0.25) is 0 Å². The number of benzene rings is 1. The molecule has 1 amide bonds. The van der Waals surface area contributed by atoms with Crippen LogP contribution in [0.15, 0.2) is 36.5 Å². The summed E-state index contributed by atoms with van der Waals surface area (Å²) in [6.45, 7) is 6.22. The van der Waals surface area contributed by atoms with E-state index >= 15 is 0 Å². The first-order chi connectivity index (χ1) is 11.1. The molecule has 0 radical (unpaired) electrons. The summed E-state index contributed by atoms with van der Waals surface area (Å²) in [6.07, 6.45) is 5.44. The predicted molar refractivity (Wildman–Crippen MR) is 94.2 cm³/mol. The molecule has 1 N–H and O–H groups in total. The Morgan fingerprint density at radius 3 is 2.57 bits per heavy atom. The molecule has 0 unspecified atom stereocenters. The SMILES string of the molecule is Cc1ccc(NC(=O)c2cc(N3CCCCC3)ccn2)cc1C. The first-order valence-electron chi connectivity index (χ1n) is 8.23. The number of rotatable bonds is 3. The summed E-state index contributed by atoms with van der Waals surface area (Å²) < 4.78 is 0. The number of anilines is 2. The Balaban J connectivity index is 1.75. The Morgan fingerprint density at radius 1 is 1.04 bits per heavy atom. The van der Waals surface area contributed by atoms with E-state index in [1.54, 1.807) is 6.20 Å². The van der Waals surface area contributed by atoms with Gasteiger partial charge in [0, 0.05) is 30.7 Å². The molecule has 1 fully saturated rings. The molecule has 1 saturated heterocycles. The molecular weight excluding hydrogens is 286 g/mol. The molecule has 1 aromatic carbocycles. The zero-order valence-electron chi connectivity index (χ0n) is 13.8. The van der Waals surface area contributed by atoms with Crippen LogP contribution in [0.3, 0.4) is 0 Å². The van der Waals surface area contributed by atoms with Crippen LogP contribution in [0.2, 0.25) is 0 Å². The van der Waals surface area contributed by atoms with Crippen molar-refractivity contribution < 1.29 is 4.79 Å². The van der Waals surface area contributed by atoms with Crippen molar-refractivity contribution in [1.29, 1.82) is 0 Å². The number of hydrogen-bond donors (Lipinski definition) is 1. The van der Waals surface area contributed by atoms with Gasteiger partial charge in [-0.25, -0.2) is 0 Å². The van der Waals surface area contributed by atoms with Crippen LogP contribution in [0.5, 0.6) is 0 Å². The maximum Gasteiger partial charge on any atom is 0.274 e. The fourth-order valence-electron chi connectivity index (χ4n) is 2.91. The molecule has 0 saturated carbocycles. The third-order valence-electron chi connectivity index (χ3n) is 4.46. The maximum absolute atomic E-state index is 12.5. The molecule has 2 heterocycles. The monoisotopic (exact) mass is 309 g/mol. The van der Waals surface area contributed by atoms with Gasteiger partial charge in [0.25, 0.3) is 5.91 Å². The largest absolute Gasteiger partial charge is 0.371 e. The van der Waals surface area contributed by atoms with Crippen molar-refractivity contribution in [1.82, 2.24) is 4.98 Å². The van der Waals surface area contributed by atoms with E-state index in [1.807, 2.05) is 37.3 Å². The topological polar surface area (TPSA) is 45.2 Å². The molecule has 0 aliphatic carbocycles. The van der Waals surface area contributed by atoms with Crippen LogP contribution >= 0.6 is 0 Å². The molecule has 3 rings (SSSR count). The highest BCUT2D eigenvalue weighted by molar-refractivity contribution is 6.03. The summed E-state index contributed by atoms with van der Waals surface area (Å²) in [5.74, 6) is -0.160. The molecule has 0 atom stereocenters. The zero-order valence-corrected chi connectivity index (χ0v) is 13.8. The van der Waals surface area contributed by atoms with Crippen LogP contribution in [0.4, 0.5) is 11.4 Å². The normalized spacial score (nSPS) is 14.6. The fourth-order valence-corrected chi connectivity index (χ4v) is 2.91. The van der Waals surface area contributed by atoms with Gasteiger partial charge in [-0.1, -0.05) is 6.07 Å². The van der Waals surface area contributed by atoms with E-state index in [4.69, 9.17) is 0 Å². The van der Waals surface area contributed by atoms with Crippen molar-refractivity contribution in [3.63, 3.8) is 0 Å². The lowest BCUT2D eigenvalue weighted by Gasteiger charge is -2.28. The standard InChI is InChI=1S/C19H23N3O/c1-14-6-7-16(12-15(14)2)21-19(23)18-13-17(8-9-20-18)22-10-4-3-5-11-22/h6-9,12-13H,3-5,10-11H2,1-2H3,(H,21,23). The Kier molecular flexibility index (Phi) is 4.60. The average molecular weight is 309 g/mol. The molecule has 1 aliphatic rings. The first-order valence-corrected chi connectivity index (χ1v) is 8.23. The number of amides is 1. The number of carbonyl (C=O) groups is 1. The smallest absolute Gasteiger partial charge is 0.274 e. The van der Waals surface area contributed by atoms with Crippen LogP contribution in [0, 0.1) is 13.8 Å². The van der Waals surface area contributed by atoms with E-state index in [1.165, 1.54) is 24.8 Å². The molecular formula is C19H23N3O. The zero-order chi connectivity index (χ0) is 16.2. The van der Waals surface area contributed by atoms with Crippen LogP contribution in [0.1, 0.15) is 40.9 Å². The molecule has 23 heavy (non-hydrogen) atoms. The Bertz CT molecular complexity index is 706. The number of pyridine rings is 1. The number of hydrogen-bond acceptors (Lipinski definition) is 3. The maximum atomic E-state index is 12.5. The van der Waals surface area contributed by atoms with Crippen molar-refractivity contribution in [2.45, 2.75) is 33.1 Å². The highest BCUT2D eigenvalue weighted by Crippen LogP contribution is 2.21. The van der Waals surface area contributed by atoms with E-state index < -0.39 is 0 Å². The number of aromatic nitrogens is 1. The molecule has 0 bridgehead atoms. The van der Waals surface area contributed by atoms with Gasteiger partial charge in [-0.05, 0) is 68.5 Å². The third-order valence-corrected chi connectivity index (χ3v) is 4.46. The number of nitrogens with one attached hydrogen (secondary N) is 1. The van der Waals surface area contributed by atoms with Gasteiger partial charge in [0.15, 0.2) is 0 Å². The highest BCUT2D eigenvalue weighted by Gasteiger charge is 2.14. The molecule has 0 spiro atoms. The summed E-state index contributed by atoms with van der Waals surface area (Å²) in [7, 11) is 0. The van der Waals surface area contributed by atoms with Gasteiger partial charge >= 0.3 is 0 Å². The van der Waals surface area contributed by atoms with Crippen LogP contribution < -0.4 is 10.2 Å². The lowest BCUT2D eigenvalue weighted by atomic mass is 10.1. The van der Waals surface area contributed by atoms with E-state index in [2.05, 4.69) is 22.1 Å². The van der Waals surface area contributed by atoms with Gasteiger partial charge in [-0.2, -0.15) is 0 Å². The Labute approximate surface area is 137 Å². The lowest BCUT2D eigenvalue weighted by molar-refractivity contribution is 0.102. The van der Waals surface area contributed by atoms with Gasteiger partial charge in [-0.3, -0.25) is 9.78 Å². The molecule has 4 heteroatoms. The minimum atomic E-state index is -0.160. The van der Waals surface area contributed by atoms with Gasteiger partial charge in [-0.15, -0.1) is 0 Å². The van der Waals surface area contributed by atoms with Gasteiger partial charge in [0.1, 0.15) is 5.69 Å². The molecule has 4 nitrogen and oxygen atoms in total. The van der Waals surface area contributed by atoms with E-state index in [0.717, 1.165) is 30.0 Å². The second-order valence-electron chi connectivity index (χ2n) is 6.20. The van der Waals surface area contributed by atoms with Crippen molar-refractivity contribution in [3.8, 4) is 0 Å². The molecule has 2 aromatic rings. The minimum Gasteiger partial charge on any atom is -0.371 e. The van der Waals surface area contributed by atoms with Gasteiger partial charge in [0.05, 0.1) is 0 Å². The lowest BCUT2D eigenvalue weighted by Crippen LogP contribution is -2.29. The predicted octanol–water partition coefficient (Wildman–Crippen LogP) is 3.94. The van der Waals surface area contributed by atoms with Crippen molar-refractivity contribution >= 4 is 17.3 Å². The third kappa shape index (κ3) is 3.70. The molecule has 1 aliphatic heterocycles. The van der Waals surface area contributed by atoms with Gasteiger partial charge < -0.3 is 10.2 Å². The van der Waals surface area contributed by atoms with Crippen molar-refractivity contribution in [2.24, 2.45) is 0 Å². The summed E-state index contributed by atoms with van der Waals surface area (Å²) in [5, 5.41) is 2.94. The molecule has 1 aromatic heterocycles. The van der Waals surface area contributed by atoms with Crippen molar-refractivity contribution in [3.05, 3.63) is 53.3 Å². The van der Waals surface area contributed by atoms with E-state index in [9.17, 15) is 4.79 Å². The van der Waals surface area contributed by atoms with E-state index in [-0.39, 0.29) is 5.91 Å². The summed E-state index contributed by atoms with van der Waals surface area (Å²) in [4.78, 5) is 19.0. The van der Waals surface area contributed by atoms with Crippen LogP contribution in [-0.2, 0) is 0 Å². The van der Waals surface area contributed by atoms with Crippen LogP contribution in [-0.4, -0.2) is 24.0 Å². The van der Waals surface area contributed by atoms with Crippen LogP contribution in [0.25, 0.3) is 0 Å². The quantitative estimate of drug-likeness (QED) is 0.934. The molecule has 120 valence electrons. The van der Waals surface area contributed by atoms with Crippen molar-refractivity contribution in [2.75, 3.05) is 23.3 Å². The average Bonchev–Trinajstić information content (AvgIpc) is 2.59. The van der Waals surface area contributed by atoms with E-state index in [0.29, 0.717) is 5.69 Å². The fraction of sp³-hybridized carbons (Fsp3) is 0.368. The highest BCUT2D eigenvalue weighted by atomic mass is 16.1. The number of nitrogens with zero attached hydrogens (tertiary/aromatic N) is 2.